The van der Waals surface area contributed by atoms with Crippen LogP contribution in [-0.2, 0) is 26.9 Å². The first kappa shape index (κ1) is 18.5. The maximum atomic E-state index is 12.6. The van der Waals surface area contributed by atoms with Crippen LogP contribution in [0.25, 0.3) is 0 Å². The highest BCUT2D eigenvalue weighted by atomic mass is 19.4. The Hall–Kier alpha value is -1.56. The summed E-state index contributed by atoms with van der Waals surface area (Å²) in [6.07, 6.45) is -3.86. The van der Waals surface area contributed by atoms with Gasteiger partial charge in [0.1, 0.15) is 5.60 Å². The van der Waals surface area contributed by atoms with Crippen LogP contribution >= 0.6 is 0 Å². The molecule has 0 unspecified atom stereocenters. The monoisotopic (exact) mass is 318 g/mol. The second kappa shape index (κ2) is 7.63. The molecule has 0 radical (unpaired) electrons. The first-order chi connectivity index (χ1) is 10.1. The number of hydrogen-bond donors (Lipinski definition) is 0. The average Bonchev–Trinajstić information content (AvgIpc) is 2.35. The molecule has 0 amide bonds. The average molecular weight is 318 g/mol. The van der Waals surface area contributed by atoms with Crippen molar-refractivity contribution in [3.05, 3.63) is 35.4 Å². The number of hydrogen-bond acceptors (Lipinski definition) is 3. The van der Waals surface area contributed by atoms with Gasteiger partial charge in [0.2, 0.25) is 0 Å². The fourth-order valence-corrected chi connectivity index (χ4v) is 1.74. The summed E-state index contributed by atoms with van der Waals surface area (Å²) in [4.78, 5) is 11.4. The molecule has 0 aliphatic rings. The van der Waals surface area contributed by atoms with E-state index in [1.807, 2.05) is 0 Å². The molecule has 1 aromatic rings. The molecule has 0 N–H and O–H groups in total. The number of carbonyl (C=O) groups is 1. The normalized spacial score (nSPS) is 12.3. The van der Waals surface area contributed by atoms with Gasteiger partial charge in [0.05, 0.1) is 25.2 Å². The van der Waals surface area contributed by atoms with Gasteiger partial charge in [0, 0.05) is 0 Å². The van der Waals surface area contributed by atoms with Crippen LogP contribution in [-0.4, -0.2) is 24.8 Å². The Morgan fingerprint density at radius 1 is 1.14 bits per heavy atom. The molecule has 0 bridgehead atoms. The molecular formula is C16H21F3O3. The van der Waals surface area contributed by atoms with Crippen molar-refractivity contribution in [2.45, 2.75) is 45.4 Å². The zero-order chi connectivity index (χ0) is 16.8. The lowest BCUT2D eigenvalue weighted by Gasteiger charge is -2.19. The summed E-state index contributed by atoms with van der Waals surface area (Å²) in [5.41, 5.74) is -0.652. The quantitative estimate of drug-likeness (QED) is 0.587. The SMILES string of the molecule is CC(C)(C)OC(=O)CCOCCc1cccc(C(F)(F)F)c1. The number of rotatable bonds is 6. The summed E-state index contributed by atoms with van der Waals surface area (Å²) >= 11 is 0. The summed E-state index contributed by atoms with van der Waals surface area (Å²) in [5, 5.41) is 0. The molecule has 1 rings (SSSR count). The summed E-state index contributed by atoms with van der Waals surface area (Å²) in [7, 11) is 0. The molecule has 124 valence electrons. The predicted molar refractivity (Wildman–Crippen MR) is 76.4 cm³/mol. The minimum atomic E-state index is -4.34. The second-order valence-corrected chi connectivity index (χ2v) is 5.90. The van der Waals surface area contributed by atoms with Crippen LogP contribution < -0.4 is 0 Å². The van der Waals surface area contributed by atoms with Gasteiger partial charge >= 0.3 is 12.1 Å². The molecule has 22 heavy (non-hydrogen) atoms. The van der Waals surface area contributed by atoms with Crippen molar-refractivity contribution in [3.8, 4) is 0 Å². The Kier molecular flexibility index (Phi) is 6.41. The molecule has 3 nitrogen and oxygen atoms in total. The molecule has 0 atom stereocenters. The molecule has 0 aliphatic heterocycles. The highest BCUT2D eigenvalue weighted by molar-refractivity contribution is 5.69. The molecule has 0 aromatic heterocycles. The van der Waals surface area contributed by atoms with Crippen LogP contribution in [0.3, 0.4) is 0 Å². The number of ether oxygens (including phenoxy) is 2. The van der Waals surface area contributed by atoms with Crippen LogP contribution in [0.4, 0.5) is 13.2 Å². The maximum Gasteiger partial charge on any atom is 0.416 e. The van der Waals surface area contributed by atoms with Crippen LogP contribution in [0, 0.1) is 0 Å². The van der Waals surface area contributed by atoms with E-state index < -0.39 is 17.3 Å². The third-order valence-electron chi connectivity index (χ3n) is 2.66. The van der Waals surface area contributed by atoms with E-state index in [4.69, 9.17) is 9.47 Å². The third-order valence-corrected chi connectivity index (χ3v) is 2.66. The van der Waals surface area contributed by atoms with Gasteiger partial charge in [-0.1, -0.05) is 18.2 Å². The Morgan fingerprint density at radius 3 is 2.41 bits per heavy atom. The van der Waals surface area contributed by atoms with Crippen molar-refractivity contribution in [2.24, 2.45) is 0 Å². The van der Waals surface area contributed by atoms with E-state index in [1.165, 1.54) is 6.07 Å². The number of alkyl halides is 3. The molecule has 0 saturated carbocycles. The topological polar surface area (TPSA) is 35.5 Å². The van der Waals surface area contributed by atoms with Crippen LogP contribution in [0.2, 0.25) is 0 Å². The summed E-state index contributed by atoms with van der Waals surface area (Å²) < 4.78 is 48.0. The Balaban J connectivity index is 2.30. The van der Waals surface area contributed by atoms with E-state index in [9.17, 15) is 18.0 Å². The number of halogens is 3. The van der Waals surface area contributed by atoms with Gasteiger partial charge in [-0.15, -0.1) is 0 Å². The molecule has 0 aliphatic carbocycles. The fourth-order valence-electron chi connectivity index (χ4n) is 1.74. The van der Waals surface area contributed by atoms with Crippen molar-refractivity contribution in [3.63, 3.8) is 0 Å². The van der Waals surface area contributed by atoms with Crippen LogP contribution in [0.1, 0.15) is 38.3 Å². The molecule has 1 aromatic carbocycles. The lowest BCUT2D eigenvalue weighted by molar-refractivity contribution is -0.156. The highest BCUT2D eigenvalue weighted by Gasteiger charge is 2.30. The first-order valence-corrected chi connectivity index (χ1v) is 7.04. The Morgan fingerprint density at radius 2 is 1.82 bits per heavy atom. The lowest BCUT2D eigenvalue weighted by Crippen LogP contribution is -2.24. The van der Waals surface area contributed by atoms with Crippen LogP contribution in [0.5, 0.6) is 0 Å². The predicted octanol–water partition coefficient (Wildman–Crippen LogP) is 4.00. The lowest BCUT2D eigenvalue weighted by atomic mass is 10.1. The fraction of sp³-hybridized carbons (Fsp3) is 0.562. The molecule has 6 heteroatoms. The number of esters is 1. The van der Waals surface area contributed by atoms with Gasteiger partial charge in [-0.2, -0.15) is 13.2 Å². The van der Waals surface area contributed by atoms with E-state index in [0.717, 1.165) is 12.1 Å². The Bertz CT molecular complexity index is 490. The van der Waals surface area contributed by atoms with E-state index in [1.54, 1.807) is 26.8 Å². The molecule has 0 heterocycles. The zero-order valence-corrected chi connectivity index (χ0v) is 13.0. The summed E-state index contributed by atoms with van der Waals surface area (Å²) in [6.45, 7) is 5.77. The zero-order valence-electron chi connectivity index (χ0n) is 13.0. The van der Waals surface area contributed by atoms with Crippen molar-refractivity contribution in [2.75, 3.05) is 13.2 Å². The summed E-state index contributed by atoms with van der Waals surface area (Å²) in [5.74, 6) is -0.355. The standard InChI is InChI=1S/C16H21F3O3/c1-15(2,3)22-14(20)8-10-21-9-7-12-5-4-6-13(11-12)16(17,18)19/h4-6,11H,7-10H2,1-3H3. The van der Waals surface area contributed by atoms with Crippen molar-refractivity contribution in [1.82, 2.24) is 0 Å². The van der Waals surface area contributed by atoms with Gasteiger partial charge < -0.3 is 9.47 Å². The van der Waals surface area contributed by atoms with E-state index in [0.29, 0.717) is 12.0 Å². The van der Waals surface area contributed by atoms with E-state index in [2.05, 4.69) is 0 Å². The number of benzene rings is 1. The van der Waals surface area contributed by atoms with Crippen LogP contribution in [0.15, 0.2) is 24.3 Å². The molecule has 0 spiro atoms. The van der Waals surface area contributed by atoms with Crippen molar-refractivity contribution >= 4 is 5.97 Å². The molecular weight excluding hydrogens is 297 g/mol. The smallest absolute Gasteiger partial charge is 0.416 e. The van der Waals surface area contributed by atoms with Gasteiger partial charge in [0.25, 0.3) is 0 Å². The van der Waals surface area contributed by atoms with Crippen molar-refractivity contribution in [1.29, 1.82) is 0 Å². The van der Waals surface area contributed by atoms with Crippen molar-refractivity contribution < 1.29 is 27.4 Å². The van der Waals surface area contributed by atoms with E-state index >= 15 is 0 Å². The number of carbonyl (C=O) groups excluding carboxylic acids is 1. The second-order valence-electron chi connectivity index (χ2n) is 5.90. The first-order valence-electron chi connectivity index (χ1n) is 7.04. The Labute approximate surface area is 128 Å². The maximum absolute atomic E-state index is 12.6. The molecule has 0 saturated heterocycles. The van der Waals surface area contributed by atoms with Gasteiger partial charge in [-0.05, 0) is 38.8 Å². The summed E-state index contributed by atoms with van der Waals surface area (Å²) in [6, 6.07) is 5.13. The third kappa shape index (κ3) is 7.45. The van der Waals surface area contributed by atoms with Gasteiger partial charge in [-0.3, -0.25) is 4.79 Å². The molecule has 0 fully saturated rings. The highest BCUT2D eigenvalue weighted by Crippen LogP contribution is 2.29. The minimum absolute atomic E-state index is 0.125. The van der Waals surface area contributed by atoms with Gasteiger partial charge in [0.15, 0.2) is 0 Å². The minimum Gasteiger partial charge on any atom is -0.460 e. The van der Waals surface area contributed by atoms with Gasteiger partial charge in [-0.25, -0.2) is 0 Å². The largest absolute Gasteiger partial charge is 0.460 e. The van der Waals surface area contributed by atoms with E-state index in [-0.39, 0.29) is 25.6 Å².